The Kier molecular flexibility index (Phi) is 9.65. The van der Waals surface area contributed by atoms with E-state index in [-0.39, 0.29) is 0 Å². The number of ether oxygens (including phenoxy) is 1. The monoisotopic (exact) mass is 847 g/mol. The van der Waals surface area contributed by atoms with Crippen LogP contribution < -0.4 is 9.30 Å². The molecule has 0 spiro atoms. The molecule has 0 unspecified atom stereocenters. The Balaban J connectivity index is 0.968. The summed E-state index contributed by atoms with van der Waals surface area (Å²) < 4.78 is 13.7. The highest BCUT2D eigenvalue weighted by atomic mass is 16.5. The van der Waals surface area contributed by atoms with Gasteiger partial charge in [-0.05, 0) is 94.9 Å². The van der Waals surface area contributed by atoms with Crippen molar-refractivity contribution in [3.8, 4) is 73.2 Å². The van der Waals surface area contributed by atoms with Gasteiger partial charge in [0.2, 0.25) is 0 Å². The van der Waals surface area contributed by atoms with Gasteiger partial charge in [-0.3, -0.25) is 4.57 Å². The van der Waals surface area contributed by atoms with Crippen molar-refractivity contribution < 1.29 is 9.30 Å². The molecule has 0 saturated heterocycles. The fraction of sp³-hybridized carbons (Fsp3) is 0.0164. The zero-order chi connectivity index (χ0) is 44.0. The van der Waals surface area contributed by atoms with Crippen molar-refractivity contribution >= 4 is 32.8 Å². The average molecular weight is 848 g/mol. The summed E-state index contributed by atoms with van der Waals surface area (Å²) >= 11 is 0. The molecule has 0 aliphatic carbocycles. The minimum atomic E-state index is 0.737. The maximum absolute atomic E-state index is 6.83. The highest BCUT2D eigenvalue weighted by molar-refractivity contribution is 6.10. The van der Waals surface area contributed by atoms with E-state index in [1.165, 1.54) is 11.1 Å². The summed E-state index contributed by atoms with van der Waals surface area (Å²) in [5.74, 6) is 2.33. The molecule has 5 nitrogen and oxygen atoms in total. The first-order valence-electron chi connectivity index (χ1n) is 22.3. The second kappa shape index (κ2) is 16.4. The fourth-order valence-electron chi connectivity index (χ4n) is 9.54. The Morgan fingerprint density at radius 2 is 1.03 bits per heavy atom. The minimum absolute atomic E-state index is 0.737. The van der Waals surface area contributed by atoms with E-state index in [1.54, 1.807) is 0 Å². The van der Waals surface area contributed by atoms with Gasteiger partial charge in [0, 0.05) is 45.8 Å². The lowest BCUT2D eigenvalue weighted by molar-refractivity contribution is -0.566. The third-order valence-corrected chi connectivity index (χ3v) is 12.7. The molecule has 12 rings (SSSR count). The standard InChI is InChI=1S/C61H43N4O/c1-42-36-60(62-40-55(42)46-24-12-5-13-25-46)65-56-35-32-47(43-18-6-2-7-19-43)37-54(56)53-34-33-50(39-59(53)65)66-49-27-16-26-48(38-49)63-41-64(58-31-15-14-30-57(58)63)61-51(44-20-8-3-9-21-44)28-17-29-52(61)45-22-10-4-11-23-45/h2-41H,1H3/q+1. The summed E-state index contributed by atoms with van der Waals surface area (Å²) in [7, 11) is 0. The molecule has 0 atom stereocenters. The van der Waals surface area contributed by atoms with Crippen LogP contribution in [-0.2, 0) is 0 Å². The molecule has 0 saturated carbocycles. The molecule has 0 N–H and O–H groups in total. The molecule has 0 radical (unpaired) electrons. The number of imidazole rings is 1. The lowest BCUT2D eigenvalue weighted by Crippen LogP contribution is -2.30. The smallest absolute Gasteiger partial charge is 0.255 e. The van der Waals surface area contributed by atoms with Gasteiger partial charge in [-0.1, -0.05) is 164 Å². The van der Waals surface area contributed by atoms with E-state index in [0.29, 0.717) is 0 Å². The second-order valence-electron chi connectivity index (χ2n) is 16.7. The van der Waals surface area contributed by atoms with Gasteiger partial charge in [-0.2, -0.15) is 9.13 Å². The van der Waals surface area contributed by atoms with E-state index in [1.807, 2.05) is 18.3 Å². The predicted molar refractivity (Wildman–Crippen MR) is 270 cm³/mol. The first kappa shape index (κ1) is 38.8. The van der Waals surface area contributed by atoms with Crippen LogP contribution in [0.15, 0.2) is 243 Å². The van der Waals surface area contributed by atoms with E-state index >= 15 is 0 Å². The quantitative estimate of drug-likeness (QED) is 0.136. The van der Waals surface area contributed by atoms with Gasteiger partial charge in [-0.15, -0.1) is 0 Å². The molecule has 3 aromatic heterocycles. The zero-order valence-corrected chi connectivity index (χ0v) is 36.3. The third kappa shape index (κ3) is 6.91. The summed E-state index contributed by atoms with van der Waals surface area (Å²) in [6.45, 7) is 2.16. The molecule has 0 aliphatic heterocycles. The van der Waals surface area contributed by atoms with Crippen LogP contribution in [0.3, 0.4) is 0 Å². The van der Waals surface area contributed by atoms with Crippen LogP contribution in [-0.4, -0.2) is 14.1 Å². The maximum Gasteiger partial charge on any atom is 0.255 e. The fourth-order valence-corrected chi connectivity index (χ4v) is 9.54. The molecule has 3 heterocycles. The molecule has 0 fully saturated rings. The Morgan fingerprint density at radius 3 is 1.71 bits per heavy atom. The van der Waals surface area contributed by atoms with Gasteiger partial charge in [0.1, 0.15) is 28.7 Å². The SMILES string of the molecule is Cc1cc(-n2c3ccc(-c4ccccc4)cc3c3ccc(Oc4cccc(-n5c[n+](-c6c(-c7ccccc7)cccc6-c6ccccc6)c6ccccc65)c4)cc32)ncc1-c1ccccc1. The number of rotatable bonds is 9. The first-order valence-corrected chi connectivity index (χ1v) is 22.3. The molecular formula is C61H43N4O+. The molecule has 0 amide bonds. The van der Waals surface area contributed by atoms with E-state index in [4.69, 9.17) is 9.72 Å². The Bertz CT molecular complexity index is 3670. The maximum atomic E-state index is 6.83. The van der Waals surface area contributed by atoms with Crippen molar-refractivity contribution in [1.29, 1.82) is 0 Å². The van der Waals surface area contributed by atoms with Gasteiger partial charge < -0.3 is 4.74 Å². The summed E-state index contributed by atoms with van der Waals surface area (Å²) in [4.78, 5) is 5.11. The van der Waals surface area contributed by atoms with Crippen LogP contribution in [0.5, 0.6) is 11.5 Å². The highest BCUT2D eigenvalue weighted by Crippen LogP contribution is 2.39. The number of hydrogen-bond donors (Lipinski definition) is 0. The van der Waals surface area contributed by atoms with Crippen LogP contribution in [0, 0.1) is 6.92 Å². The van der Waals surface area contributed by atoms with Crippen LogP contribution in [0.1, 0.15) is 5.56 Å². The van der Waals surface area contributed by atoms with E-state index < -0.39 is 0 Å². The number of aryl methyl sites for hydroxylation is 1. The number of benzene rings is 9. The number of para-hydroxylation sites is 3. The van der Waals surface area contributed by atoms with Crippen molar-refractivity contribution in [2.45, 2.75) is 6.92 Å². The van der Waals surface area contributed by atoms with Crippen molar-refractivity contribution in [3.63, 3.8) is 0 Å². The van der Waals surface area contributed by atoms with Crippen molar-refractivity contribution in [3.05, 3.63) is 249 Å². The van der Waals surface area contributed by atoms with Crippen LogP contribution in [0.4, 0.5) is 0 Å². The van der Waals surface area contributed by atoms with E-state index in [0.717, 1.165) is 100 Å². The summed E-state index contributed by atoms with van der Waals surface area (Å²) in [5.41, 5.74) is 16.8. The van der Waals surface area contributed by atoms with Gasteiger partial charge in [0.05, 0.1) is 11.0 Å². The minimum Gasteiger partial charge on any atom is -0.457 e. The van der Waals surface area contributed by atoms with E-state index in [9.17, 15) is 0 Å². The molecule has 5 heteroatoms. The van der Waals surface area contributed by atoms with Gasteiger partial charge >= 0.3 is 0 Å². The largest absolute Gasteiger partial charge is 0.457 e. The average Bonchev–Trinajstić information content (AvgIpc) is 3.93. The molecule has 0 aliphatic rings. The number of aromatic nitrogens is 4. The molecule has 9 aromatic carbocycles. The lowest BCUT2D eigenvalue weighted by Gasteiger charge is -2.13. The Hall–Kier alpha value is -8.80. The first-order chi connectivity index (χ1) is 32.6. The number of fused-ring (bicyclic) bond motifs is 4. The number of nitrogens with zero attached hydrogens (tertiary/aromatic N) is 4. The van der Waals surface area contributed by atoms with Crippen LogP contribution >= 0.6 is 0 Å². The summed E-state index contributed by atoms with van der Waals surface area (Å²) in [6.07, 6.45) is 4.21. The second-order valence-corrected chi connectivity index (χ2v) is 16.7. The van der Waals surface area contributed by atoms with Gasteiger partial charge in [-0.25, -0.2) is 4.98 Å². The lowest BCUT2D eigenvalue weighted by atomic mass is 9.95. The number of pyridine rings is 1. The van der Waals surface area contributed by atoms with Gasteiger partial charge in [0.15, 0.2) is 11.0 Å². The van der Waals surface area contributed by atoms with Gasteiger partial charge in [0.25, 0.3) is 6.33 Å². The summed E-state index contributed by atoms with van der Waals surface area (Å²) in [5, 5.41) is 2.29. The topological polar surface area (TPSA) is 35.9 Å². The summed E-state index contributed by atoms with van der Waals surface area (Å²) in [6, 6.07) is 81.2. The van der Waals surface area contributed by atoms with Crippen molar-refractivity contribution in [2.24, 2.45) is 0 Å². The molecular weight excluding hydrogens is 805 g/mol. The molecule has 12 aromatic rings. The Morgan fingerprint density at radius 1 is 0.424 bits per heavy atom. The number of hydrogen-bond acceptors (Lipinski definition) is 2. The molecule has 66 heavy (non-hydrogen) atoms. The third-order valence-electron chi connectivity index (χ3n) is 12.7. The zero-order valence-electron chi connectivity index (χ0n) is 36.3. The molecule has 0 bridgehead atoms. The van der Waals surface area contributed by atoms with Crippen molar-refractivity contribution in [2.75, 3.05) is 0 Å². The van der Waals surface area contributed by atoms with Crippen LogP contribution in [0.25, 0.3) is 94.5 Å². The highest BCUT2D eigenvalue weighted by Gasteiger charge is 2.25. The van der Waals surface area contributed by atoms with Crippen molar-refractivity contribution in [1.82, 2.24) is 14.1 Å². The molecule has 312 valence electrons. The normalized spacial score (nSPS) is 11.4. The Labute approximate surface area is 383 Å². The van der Waals surface area contributed by atoms with Crippen LogP contribution in [0.2, 0.25) is 0 Å². The van der Waals surface area contributed by atoms with E-state index in [2.05, 4.69) is 245 Å². The predicted octanol–water partition coefficient (Wildman–Crippen LogP) is 15.2.